The second kappa shape index (κ2) is 8.57. The van der Waals surface area contributed by atoms with E-state index in [-0.39, 0.29) is 18.0 Å². The molecule has 1 aromatic heterocycles. The van der Waals surface area contributed by atoms with Crippen molar-refractivity contribution < 1.29 is 13.9 Å². The second-order valence-electron chi connectivity index (χ2n) is 9.04. The standard InChI is InChI=1S/C24H29FN4O2/c1-24(2,3)31-23(30)26-19-7-6-14-28(16-19)22-27-20-8-4-5-9-21(20)29(22)15-17-10-12-18(25)13-11-17/h4-5,8-13,19H,6-7,14-16H2,1-3H3,(H,26,30)/t19-/m0/s1. The van der Waals surface area contributed by atoms with E-state index in [1.54, 1.807) is 12.1 Å². The summed E-state index contributed by atoms with van der Waals surface area (Å²) >= 11 is 0. The van der Waals surface area contributed by atoms with Crippen LogP contribution in [0.15, 0.2) is 48.5 Å². The van der Waals surface area contributed by atoms with Gasteiger partial charge in [0.15, 0.2) is 0 Å². The van der Waals surface area contributed by atoms with Crippen molar-refractivity contribution in [3.63, 3.8) is 0 Å². The number of alkyl carbamates (subject to hydrolysis) is 1. The molecule has 31 heavy (non-hydrogen) atoms. The summed E-state index contributed by atoms with van der Waals surface area (Å²) in [4.78, 5) is 19.4. The van der Waals surface area contributed by atoms with E-state index in [9.17, 15) is 9.18 Å². The molecule has 0 aliphatic carbocycles. The minimum absolute atomic E-state index is 0.0114. The SMILES string of the molecule is CC(C)(C)OC(=O)N[C@H]1CCCN(c2nc3ccccc3n2Cc2ccc(F)cc2)C1. The summed E-state index contributed by atoms with van der Waals surface area (Å²) in [5.41, 5.74) is 2.43. The Morgan fingerprint density at radius 1 is 1.19 bits per heavy atom. The maximum absolute atomic E-state index is 13.4. The molecular weight excluding hydrogens is 395 g/mol. The normalized spacial score (nSPS) is 17.0. The largest absolute Gasteiger partial charge is 0.444 e. The Bertz CT molecular complexity index is 1060. The second-order valence-corrected chi connectivity index (χ2v) is 9.04. The number of halogens is 1. The van der Waals surface area contributed by atoms with Crippen LogP contribution in [0, 0.1) is 5.82 Å². The lowest BCUT2D eigenvalue weighted by Gasteiger charge is -2.34. The molecule has 1 atom stereocenters. The van der Waals surface area contributed by atoms with Crippen LogP contribution in [0.5, 0.6) is 0 Å². The fourth-order valence-electron chi connectivity index (χ4n) is 3.98. The Balaban J connectivity index is 1.58. The van der Waals surface area contributed by atoms with Gasteiger partial charge in [0.1, 0.15) is 11.4 Å². The van der Waals surface area contributed by atoms with Crippen LogP contribution in [0.25, 0.3) is 11.0 Å². The predicted molar refractivity (Wildman–Crippen MR) is 120 cm³/mol. The third-order valence-electron chi connectivity index (χ3n) is 5.31. The zero-order chi connectivity index (χ0) is 22.0. The highest BCUT2D eigenvalue weighted by Crippen LogP contribution is 2.26. The Labute approximate surface area is 182 Å². The van der Waals surface area contributed by atoms with E-state index >= 15 is 0 Å². The van der Waals surface area contributed by atoms with Crippen LogP contribution in [0.4, 0.5) is 15.1 Å². The first kappa shape index (κ1) is 21.2. The third-order valence-corrected chi connectivity index (χ3v) is 5.31. The molecule has 6 nitrogen and oxygen atoms in total. The van der Waals surface area contributed by atoms with E-state index in [4.69, 9.17) is 9.72 Å². The molecule has 0 bridgehead atoms. The number of para-hydroxylation sites is 2. The summed E-state index contributed by atoms with van der Waals surface area (Å²) in [7, 11) is 0. The van der Waals surface area contributed by atoms with Gasteiger partial charge in [0, 0.05) is 19.1 Å². The first-order chi connectivity index (χ1) is 14.8. The van der Waals surface area contributed by atoms with Crippen LogP contribution in [0.1, 0.15) is 39.2 Å². The Kier molecular flexibility index (Phi) is 5.85. The molecule has 2 aromatic carbocycles. The van der Waals surface area contributed by atoms with E-state index in [1.807, 2.05) is 39.0 Å². The number of fused-ring (bicyclic) bond motifs is 1. The van der Waals surface area contributed by atoms with E-state index in [0.29, 0.717) is 13.1 Å². The van der Waals surface area contributed by atoms with Gasteiger partial charge in [-0.15, -0.1) is 0 Å². The van der Waals surface area contributed by atoms with Crippen molar-refractivity contribution in [3.8, 4) is 0 Å². The molecule has 4 rings (SSSR count). The maximum atomic E-state index is 13.4. The van der Waals surface area contributed by atoms with Crippen LogP contribution in [-0.2, 0) is 11.3 Å². The van der Waals surface area contributed by atoms with Gasteiger partial charge in [0.05, 0.1) is 17.6 Å². The van der Waals surface area contributed by atoms with Crippen molar-refractivity contribution in [1.82, 2.24) is 14.9 Å². The molecule has 1 aliphatic rings. The first-order valence-electron chi connectivity index (χ1n) is 10.7. The highest BCUT2D eigenvalue weighted by molar-refractivity contribution is 5.79. The highest BCUT2D eigenvalue weighted by atomic mass is 19.1. The van der Waals surface area contributed by atoms with E-state index in [1.165, 1.54) is 12.1 Å². The van der Waals surface area contributed by atoms with Gasteiger partial charge in [0.25, 0.3) is 0 Å². The van der Waals surface area contributed by atoms with Crippen molar-refractivity contribution in [2.75, 3.05) is 18.0 Å². The van der Waals surface area contributed by atoms with E-state index < -0.39 is 5.60 Å². The number of piperidine rings is 1. The average molecular weight is 425 g/mol. The molecule has 1 N–H and O–H groups in total. The molecular formula is C24H29FN4O2. The molecule has 0 unspecified atom stereocenters. The fourth-order valence-corrected chi connectivity index (χ4v) is 3.98. The number of amides is 1. The van der Waals surface area contributed by atoms with Crippen LogP contribution < -0.4 is 10.2 Å². The lowest BCUT2D eigenvalue weighted by molar-refractivity contribution is 0.0500. The molecule has 0 radical (unpaired) electrons. The number of imidazole rings is 1. The quantitative estimate of drug-likeness (QED) is 0.659. The summed E-state index contributed by atoms with van der Waals surface area (Å²) in [6.45, 7) is 7.69. The summed E-state index contributed by atoms with van der Waals surface area (Å²) in [6, 6.07) is 14.6. The van der Waals surface area contributed by atoms with Crippen molar-refractivity contribution in [1.29, 1.82) is 0 Å². The number of nitrogens with one attached hydrogen (secondary N) is 1. The highest BCUT2D eigenvalue weighted by Gasteiger charge is 2.27. The van der Waals surface area contributed by atoms with E-state index in [2.05, 4.69) is 20.9 Å². The molecule has 0 spiro atoms. The number of nitrogens with zero attached hydrogens (tertiary/aromatic N) is 3. The molecule has 1 fully saturated rings. The number of carbonyl (C=O) groups excluding carboxylic acids is 1. The van der Waals surface area contributed by atoms with Crippen LogP contribution in [-0.4, -0.2) is 40.4 Å². The van der Waals surface area contributed by atoms with Gasteiger partial charge in [-0.05, 0) is 63.4 Å². The number of aromatic nitrogens is 2. The zero-order valence-electron chi connectivity index (χ0n) is 18.3. The molecule has 1 aliphatic heterocycles. The number of rotatable bonds is 4. The van der Waals surface area contributed by atoms with Gasteiger partial charge in [-0.3, -0.25) is 0 Å². The summed E-state index contributed by atoms with van der Waals surface area (Å²) < 4.78 is 21.0. The Morgan fingerprint density at radius 2 is 1.94 bits per heavy atom. The number of anilines is 1. The number of hydrogen-bond donors (Lipinski definition) is 1. The molecule has 0 saturated carbocycles. The Morgan fingerprint density at radius 3 is 2.68 bits per heavy atom. The van der Waals surface area contributed by atoms with Crippen LogP contribution in [0.3, 0.4) is 0 Å². The van der Waals surface area contributed by atoms with E-state index in [0.717, 1.165) is 41.9 Å². The van der Waals surface area contributed by atoms with Gasteiger partial charge >= 0.3 is 6.09 Å². The summed E-state index contributed by atoms with van der Waals surface area (Å²) in [5.74, 6) is 0.618. The lowest BCUT2D eigenvalue weighted by atomic mass is 10.1. The van der Waals surface area contributed by atoms with Gasteiger partial charge in [-0.2, -0.15) is 0 Å². The first-order valence-corrected chi connectivity index (χ1v) is 10.7. The fraction of sp³-hybridized carbons (Fsp3) is 0.417. The summed E-state index contributed by atoms with van der Waals surface area (Å²) in [6.07, 6.45) is 1.45. The molecule has 2 heterocycles. The minimum Gasteiger partial charge on any atom is -0.444 e. The summed E-state index contributed by atoms with van der Waals surface area (Å²) in [5, 5.41) is 3.00. The van der Waals surface area contributed by atoms with Gasteiger partial charge in [-0.1, -0.05) is 24.3 Å². The van der Waals surface area contributed by atoms with Gasteiger partial charge in [0.2, 0.25) is 5.95 Å². The zero-order valence-corrected chi connectivity index (χ0v) is 18.3. The minimum atomic E-state index is -0.526. The molecule has 164 valence electrons. The molecule has 1 amide bonds. The monoisotopic (exact) mass is 424 g/mol. The lowest BCUT2D eigenvalue weighted by Crippen LogP contribution is -2.49. The third kappa shape index (κ3) is 5.16. The average Bonchev–Trinajstić information content (AvgIpc) is 3.07. The number of benzene rings is 2. The van der Waals surface area contributed by atoms with Crippen LogP contribution in [0.2, 0.25) is 0 Å². The topological polar surface area (TPSA) is 59.4 Å². The van der Waals surface area contributed by atoms with Crippen molar-refractivity contribution in [2.45, 2.75) is 51.8 Å². The van der Waals surface area contributed by atoms with Crippen molar-refractivity contribution >= 4 is 23.1 Å². The van der Waals surface area contributed by atoms with Gasteiger partial charge < -0.3 is 19.5 Å². The maximum Gasteiger partial charge on any atom is 0.407 e. The number of hydrogen-bond acceptors (Lipinski definition) is 4. The number of carbonyl (C=O) groups is 1. The molecule has 1 saturated heterocycles. The molecule has 3 aromatic rings. The van der Waals surface area contributed by atoms with Gasteiger partial charge in [-0.25, -0.2) is 14.2 Å². The van der Waals surface area contributed by atoms with Crippen molar-refractivity contribution in [2.24, 2.45) is 0 Å². The Hall–Kier alpha value is -3.09. The van der Waals surface area contributed by atoms with Crippen molar-refractivity contribution in [3.05, 3.63) is 59.9 Å². The van der Waals surface area contributed by atoms with Crippen LogP contribution >= 0.6 is 0 Å². The molecule has 7 heteroatoms. The smallest absolute Gasteiger partial charge is 0.407 e. The number of ether oxygens (including phenoxy) is 1. The predicted octanol–water partition coefficient (Wildman–Crippen LogP) is 4.72.